The van der Waals surface area contributed by atoms with Gasteiger partial charge in [-0.1, -0.05) is 18.2 Å². The summed E-state index contributed by atoms with van der Waals surface area (Å²) < 4.78 is 1.62. The van der Waals surface area contributed by atoms with Gasteiger partial charge < -0.3 is 19.6 Å². The van der Waals surface area contributed by atoms with Crippen LogP contribution in [0.2, 0.25) is 0 Å². The van der Waals surface area contributed by atoms with Crippen LogP contribution in [-0.2, 0) is 6.54 Å². The molecular weight excluding hydrogens is 284 g/mol. The number of hydrogen-bond donors (Lipinski definition) is 0. The predicted octanol–water partition coefficient (Wildman–Crippen LogP) is 2.08. The fourth-order valence-electron chi connectivity index (χ4n) is 2.68. The van der Waals surface area contributed by atoms with Crippen molar-refractivity contribution in [2.75, 3.05) is 13.1 Å². The number of aromatic nitrogens is 2. The summed E-state index contributed by atoms with van der Waals surface area (Å²) in [5.41, 5.74) is 1.49. The molecule has 1 saturated heterocycles. The molecule has 0 spiro atoms. The summed E-state index contributed by atoms with van der Waals surface area (Å²) >= 11 is 0. The molecule has 1 aliphatic rings. The fourth-order valence-corrected chi connectivity index (χ4v) is 2.68. The standard InChI is InChI=1S/C15H16N4O3/c20-15(18-7-3-4-8-18)13-6-2-1-5-12(13)9-17-10-14(16-11-17)19(21)22/h1-2,5-6,10-11H,3-4,7-9H2. The molecule has 2 aromatic rings. The summed E-state index contributed by atoms with van der Waals surface area (Å²) in [6, 6.07) is 7.38. The van der Waals surface area contributed by atoms with E-state index in [0.717, 1.165) is 31.5 Å². The SMILES string of the molecule is O=C(c1ccccc1Cn1cnc([N+](=O)[O-])c1)N1CCCC1. The van der Waals surface area contributed by atoms with Crippen molar-refractivity contribution in [3.05, 3.63) is 58.0 Å². The molecule has 0 radical (unpaired) electrons. The van der Waals surface area contributed by atoms with Crippen molar-refractivity contribution >= 4 is 11.7 Å². The zero-order valence-electron chi connectivity index (χ0n) is 12.0. The van der Waals surface area contributed by atoms with Gasteiger partial charge in [0.1, 0.15) is 6.20 Å². The average molecular weight is 300 g/mol. The molecule has 1 aromatic carbocycles. The minimum absolute atomic E-state index is 0.0303. The Hall–Kier alpha value is -2.70. The largest absolute Gasteiger partial charge is 0.381 e. The van der Waals surface area contributed by atoms with Gasteiger partial charge in [0.05, 0.1) is 6.54 Å². The Kier molecular flexibility index (Phi) is 3.86. The van der Waals surface area contributed by atoms with Crippen LogP contribution in [0.1, 0.15) is 28.8 Å². The third-order valence-electron chi connectivity index (χ3n) is 3.80. The number of carbonyl (C=O) groups excluding carboxylic acids is 1. The normalized spacial score (nSPS) is 14.3. The number of amides is 1. The van der Waals surface area contributed by atoms with E-state index < -0.39 is 4.92 Å². The predicted molar refractivity (Wildman–Crippen MR) is 79.6 cm³/mol. The minimum atomic E-state index is -0.530. The molecule has 22 heavy (non-hydrogen) atoms. The van der Waals surface area contributed by atoms with Crippen molar-refractivity contribution < 1.29 is 9.72 Å². The molecule has 3 rings (SSSR count). The Morgan fingerprint density at radius 1 is 1.27 bits per heavy atom. The first kappa shape index (κ1) is 14.2. The molecule has 0 bridgehead atoms. The van der Waals surface area contributed by atoms with Crippen molar-refractivity contribution in [3.63, 3.8) is 0 Å². The van der Waals surface area contributed by atoms with Crippen molar-refractivity contribution in [1.29, 1.82) is 0 Å². The second-order valence-electron chi connectivity index (χ2n) is 5.32. The second-order valence-corrected chi connectivity index (χ2v) is 5.32. The zero-order chi connectivity index (χ0) is 15.5. The van der Waals surface area contributed by atoms with Crippen LogP contribution in [0.5, 0.6) is 0 Å². The molecule has 0 saturated carbocycles. The molecule has 2 heterocycles. The second kappa shape index (κ2) is 5.97. The molecule has 7 heteroatoms. The molecule has 0 unspecified atom stereocenters. The number of rotatable bonds is 4. The van der Waals surface area contributed by atoms with Crippen molar-refractivity contribution in [1.82, 2.24) is 14.5 Å². The lowest BCUT2D eigenvalue weighted by atomic mass is 10.1. The third-order valence-corrected chi connectivity index (χ3v) is 3.80. The highest BCUT2D eigenvalue weighted by atomic mass is 16.6. The van der Waals surface area contributed by atoms with Gasteiger partial charge in [-0.05, 0) is 34.4 Å². The summed E-state index contributed by atoms with van der Waals surface area (Å²) in [5.74, 6) is -0.161. The Balaban J connectivity index is 1.84. The quantitative estimate of drug-likeness (QED) is 0.639. The van der Waals surface area contributed by atoms with Gasteiger partial charge in [0.2, 0.25) is 6.33 Å². The Labute approximate surface area is 127 Å². The first-order valence-corrected chi connectivity index (χ1v) is 7.18. The van der Waals surface area contributed by atoms with Crippen LogP contribution >= 0.6 is 0 Å². The van der Waals surface area contributed by atoms with E-state index in [0.29, 0.717) is 12.1 Å². The molecule has 114 valence electrons. The summed E-state index contributed by atoms with van der Waals surface area (Å²) in [6.07, 6.45) is 4.87. The molecule has 0 aliphatic carbocycles. The maximum absolute atomic E-state index is 12.6. The molecule has 0 atom stereocenters. The van der Waals surface area contributed by atoms with E-state index in [1.54, 1.807) is 10.6 Å². The van der Waals surface area contributed by atoms with E-state index in [1.807, 2.05) is 23.1 Å². The number of nitrogens with zero attached hydrogens (tertiary/aromatic N) is 4. The highest BCUT2D eigenvalue weighted by Crippen LogP contribution is 2.18. The molecule has 1 aliphatic heterocycles. The summed E-state index contributed by atoms with van der Waals surface area (Å²) in [5, 5.41) is 10.7. The van der Waals surface area contributed by atoms with Crippen LogP contribution in [0.4, 0.5) is 5.82 Å². The van der Waals surface area contributed by atoms with Gasteiger partial charge in [0.25, 0.3) is 5.91 Å². The lowest BCUT2D eigenvalue weighted by Gasteiger charge is -2.17. The highest BCUT2D eigenvalue weighted by molar-refractivity contribution is 5.95. The maximum Gasteiger partial charge on any atom is 0.381 e. The van der Waals surface area contributed by atoms with Crippen LogP contribution in [0.15, 0.2) is 36.8 Å². The average Bonchev–Trinajstić information content (AvgIpc) is 3.18. The van der Waals surface area contributed by atoms with Gasteiger partial charge in [0, 0.05) is 18.7 Å². The first-order valence-electron chi connectivity index (χ1n) is 7.18. The zero-order valence-corrected chi connectivity index (χ0v) is 12.0. The van der Waals surface area contributed by atoms with Crippen LogP contribution < -0.4 is 0 Å². The number of benzene rings is 1. The van der Waals surface area contributed by atoms with Gasteiger partial charge >= 0.3 is 5.82 Å². The van der Waals surface area contributed by atoms with Crippen molar-refractivity contribution in [2.45, 2.75) is 19.4 Å². The summed E-state index contributed by atoms with van der Waals surface area (Å²) in [7, 11) is 0. The van der Waals surface area contributed by atoms with Crippen LogP contribution in [0.3, 0.4) is 0 Å². The number of hydrogen-bond acceptors (Lipinski definition) is 4. The Morgan fingerprint density at radius 3 is 2.68 bits per heavy atom. The molecule has 1 fully saturated rings. The van der Waals surface area contributed by atoms with Crippen LogP contribution in [0, 0.1) is 10.1 Å². The molecule has 0 N–H and O–H groups in total. The third kappa shape index (κ3) is 2.83. The van der Waals surface area contributed by atoms with E-state index in [1.165, 1.54) is 12.5 Å². The van der Waals surface area contributed by atoms with E-state index in [9.17, 15) is 14.9 Å². The first-order chi connectivity index (χ1) is 10.6. The molecule has 1 amide bonds. The molecule has 1 aromatic heterocycles. The Morgan fingerprint density at radius 2 is 2.00 bits per heavy atom. The van der Waals surface area contributed by atoms with Gasteiger partial charge in [0.15, 0.2) is 0 Å². The maximum atomic E-state index is 12.6. The fraction of sp³-hybridized carbons (Fsp3) is 0.333. The van der Waals surface area contributed by atoms with Crippen LogP contribution in [-0.4, -0.2) is 38.4 Å². The van der Waals surface area contributed by atoms with E-state index in [-0.39, 0.29) is 11.7 Å². The van der Waals surface area contributed by atoms with Gasteiger partial charge in [-0.15, -0.1) is 0 Å². The summed E-state index contributed by atoms with van der Waals surface area (Å²) in [6.45, 7) is 1.98. The number of carbonyl (C=O) groups is 1. The highest BCUT2D eigenvalue weighted by Gasteiger charge is 2.22. The Bertz CT molecular complexity index is 704. The lowest BCUT2D eigenvalue weighted by Crippen LogP contribution is -2.28. The lowest BCUT2D eigenvalue weighted by molar-refractivity contribution is -0.389. The van der Waals surface area contributed by atoms with Crippen LogP contribution in [0.25, 0.3) is 0 Å². The van der Waals surface area contributed by atoms with Gasteiger partial charge in [-0.3, -0.25) is 4.79 Å². The van der Waals surface area contributed by atoms with Crippen molar-refractivity contribution in [2.24, 2.45) is 0 Å². The number of imidazole rings is 1. The van der Waals surface area contributed by atoms with E-state index in [2.05, 4.69) is 4.98 Å². The topological polar surface area (TPSA) is 81.3 Å². The molecular formula is C15H16N4O3. The minimum Gasteiger partial charge on any atom is -0.358 e. The van der Waals surface area contributed by atoms with Crippen molar-refractivity contribution in [3.8, 4) is 0 Å². The smallest absolute Gasteiger partial charge is 0.358 e. The van der Waals surface area contributed by atoms with Gasteiger partial charge in [-0.2, -0.15) is 0 Å². The summed E-state index contributed by atoms with van der Waals surface area (Å²) in [4.78, 5) is 28.3. The monoisotopic (exact) mass is 300 g/mol. The number of nitro groups is 1. The van der Waals surface area contributed by atoms with E-state index in [4.69, 9.17) is 0 Å². The number of likely N-dealkylation sites (tertiary alicyclic amines) is 1. The molecule has 7 nitrogen and oxygen atoms in total. The van der Waals surface area contributed by atoms with Gasteiger partial charge in [-0.25, -0.2) is 0 Å². The van der Waals surface area contributed by atoms with E-state index >= 15 is 0 Å².